The highest BCUT2D eigenvalue weighted by Gasteiger charge is 2.28. The molecule has 1 unspecified atom stereocenters. The number of rotatable bonds is 20. The molecular formula is C26H58ClNSi. The zero-order chi connectivity index (χ0) is 21.3. The van der Waals surface area contributed by atoms with E-state index in [2.05, 4.69) is 47.6 Å². The Morgan fingerprint density at radius 3 is 1.34 bits per heavy atom. The van der Waals surface area contributed by atoms with Crippen LogP contribution in [0.15, 0.2) is 0 Å². The minimum absolute atomic E-state index is 0. The third-order valence-electron chi connectivity index (χ3n) is 6.79. The van der Waals surface area contributed by atoms with E-state index in [4.69, 9.17) is 0 Å². The quantitative estimate of drug-likeness (QED) is 0.121. The maximum absolute atomic E-state index is 2.60. The van der Waals surface area contributed by atoms with Crippen LogP contribution in [0.3, 0.4) is 0 Å². The minimum Gasteiger partial charge on any atom is -1.00 e. The van der Waals surface area contributed by atoms with Gasteiger partial charge in [0.25, 0.3) is 0 Å². The minimum atomic E-state index is -1.02. The summed E-state index contributed by atoms with van der Waals surface area (Å²) in [6, 6.07) is 0. The zero-order valence-corrected chi connectivity index (χ0v) is 23.4. The molecular weight excluding hydrogens is 390 g/mol. The van der Waals surface area contributed by atoms with E-state index in [1.807, 2.05) is 0 Å². The third-order valence-corrected chi connectivity index (χ3v) is 9.82. The van der Waals surface area contributed by atoms with Gasteiger partial charge in [0.05, 0.1) is 27.2 Å². The van der Waals surface area contributed by atoms with Crippen molar-refractivity contribution in [1.82, 2.24) is 0 Å². The maximum atomic E-state index is 2.60. The van der Waals surface area contributed by atoms with Crippen LogP contribution in [-0.4, -0.2) is 39.7 Å². The molecule has 0 aromatic heterocycles. The largest absolute Gasteiger partial charge is 1.00 e. The Labute approximate surface area is 193 Å². The number of hydrogen-bond donors (Lipinski definition) is 0. The van der Waals surface area contributed by atoms with E-state index in [0.717, 1.165) is 5.54 Å². The summed E-state index contributed by atoms with van der Waals surface area (Å²) in [5.74, 6) is 0. The summed E-state index contributed by atoms with van der Waals surface area (Å²) in [5.41, 5.74) is 1.02. The predicted octanol–water partition coefficient (Wildman–Crippen LogP) is 6.06. The second kappa shape index (κ2) is 19.2. The molecule has 29 heavy (non-hydrogen) atoms. The van der Waals surface area contributed by atoms with Gasteiger partial charge in [-0.2, -0.15) is 0 Å². The summed E-state index contributed by atoms with van der Waals surface area (Å²) >= 11 is 0. The van der Waals surface area contributed by atoms with Crippen LogP contribution in [0.2, 0.25) is 25.2 Å². The molecule has 0 bridgehead atoms. The highest BCUT2D eigenvalue weighted by molar-refractivity contribution is 6.77. The SMILES string of the molecule is CCCCCCCCCCCCCCCC(CC[N+](C)(C)CCC)[Si](C)(C)C.[Cl-]. The van der Waals surface area contributed by atoms with Gasteiger partial charge in [-0.15, -0.1) is 0 Å². The lowest BCUT2D eigenvalue weighted by Crippen LogP contribution is -3.00. The highest BCUT2D eigenvalue weighted by Crippen LogP contribution is 2.32. The lowest BCUT2D eigenvalue weighted by molar-refractivity contribution is -0.890. The van der Waals surface area contributed by atoms with Crippen LogP contribution < -0.4 is 12.4 Å². The monoisotopic (exact) mass is 447 g/mol. The fraction of sp³-hybridized carbons (Fsp3) is 1.00. The maximum Gasteiger partial charge on any atom is 0.0782 e. The van der Waals surface area contributed by atoms with E-state index in [0.29, 0.717) is 0 Å². The normalized spacial score (nSPS) is 13.3. The molecule has 178 valence electrons. The molecule has 1 nitrogen and oxygen atoms in total. The van der Waals surface area contributed by atoms with Gasteiger partial charge in [0.15, 0.2) is 0 Å². The highest BCUT2D eigenvalue weighted by atomic mass is 35.5. The summed E-state index contributed by atoms with van der Waals surface area (Å²) in [6.45, 7) is 15.1. The lowest BCUT2D eigenvalue weighted by atomic mass is 10.0. The number of nitrogens with zero attached hydrogens (tertiary/aromatic N) is 1. The van der Waals surface area contributed by atoms with Crippen molar-refractivity contribution in [2.24, 2.45) is 0 Å². The van der Waals surface area contributed by atoms with Gasteiger partial charge in [-0.1, -0.05) is 123 Å². The van der Waals surface area contributed by atoms with Crippen LogP contribution in [0.25, 0.3) is 0 Å². The van der Waals surface area contributed by atoms with Crippen molar-refractivity contribution in [3.8, 4) is 0 Å². The van der Waals surface area contributed by atoms with Crippen molar-refractivity contribution in [3.63, 3.8) is 0 Å². The van der Waals surface area contributed by atoms with Crippen LogP contribution in [0.5, 0.6) is 0 Å². The number of halogens is 1. The van der Waals surface area contributed by atoms with Crippen LogP contribution >= 0.6 is 0 Å². The van der Waals surface area contributed by atoms with Crippen molar-refractivity contribution in [3.05, 3.63) is 0 Å². The van der Waals surface area contributed by atoms with Crippen LogP contribution in [0.1, 0.15) is 117 Å². The van der Waals surface area contributed by atoms with Crippen molar-refractivity contribution < 1.29 is 16.9 Å². The molecule has 0 aliphatic rings. The molecule has 0 heterocycles. The molecule has 0 radical (unpaired) electrons. The van der Waals surface area contributed by atoms with E-state index in [-0.39, 0.29) is 12.4 Å². The first-order valence-electron chi connectivity index (χ1n) is 13.0. The van der Waals surface area contributed by atoms with Crippen molar-refractivity contribution >= 4 is 8.07 Å². The average Bonchev–Trinajstić information content (AvgIpc) is 2.60. The summed E-state index contributed by atoms with van der Waals surface area (Å²) in [7, 11) is 3.83. The van der Waals surface area contributed by atoms with E-state index >= 15 is 0 Å². The van der Waals surface area contributed by atoms with E-state index in [1.165, 1.54) is 120 Å². The molecule has 0 aromatic carbocycles. The summed E-state index contributed by atoms with van der Waals surface area (Å²) in [4.78, 5) is 0. The lowest BCUT2D eigenvalue weighted by Gasteiger charge is -2.35. The zero-order valence-electron chi connectivity index (χ0n) is 21.6. The second-order valence-corrected chi connectivity index (χ2v) is 16.8. The van der Waals surface area contributed by atoms with Gasteiger partial charge >= 0.3 is 0 Å². The molecule has 0 spiro atoms. The van der Waals surface area contributed by atoms with Gasteiger partial charge in [-0.25, -0.2) is 0 Å². The van der Waals surface area contributed by atoms with Gasteiger partial charge in [-0.05, 0) is 18.4 Å². The smallest absolute Gasteiger partial charge is 0.0782 e. The number of quaternary nitrogens is 1. The molecule has 0 amide bonds. The summed E-state index contributed by atoms with van der Waals surface area (Å²) in [6.07, 6.45) is 23.3. The fourth-order valence-electron chi connectivity index (χ4n) is 4.64. The summed E-state index contributed by atoms with van der Waals surface area (Å²) < 4.78 is 1.22. The number of hydrogen-bond acceptors (Lipinski definition) is 0. The molecule has 0 N–H and O–H groups in total. The van der Waals surface area contributed by atoms with Gasteiger partial charge in [0.1, 0.15) is 0 Å². The topological polar surface area (TPSA) is 0 Å². The second-order valence-electron chi connectivity index (χ2n) is 11.3. The molecule has 0 rings (SSSR count). The number of unbranched alkanes of at least 4 members (excludes halogenated alkanes) is 12. The van der Waals surface area contributed by atoms with Gasteiger partial charge < -0.3 is 16.9 Å². The first-order chi connectivity index (χ1) is 13.2. The van der Waals surface area contributed by atoms with Crippen LogP contribution in [0.4, 0.5) is 0 Å². The molecule has 0 saturated heterocycles. The molecule has 0 fully saturated rings. The van der Waals surface area contributed by atoms with Crippen molar-refractivity contribution in [2.45, 2.75) is 142 Å². The first kappa shape index (κ1) is 31.7. The van der Waals surface area contributed by atoms with Gasteiger partial charge in [0, 0.05) is 8.07 Å². The van der Waals surface area contributed by atoms with Gasteiger partial charge in [-0.3, -0.25) is 0 Å². The molecule has 0 saturated carbocycles. The Bertz CT molecular complexity index is 338. The Kier molecular flexibility index (Phi) is 20.9. The van der Waals surface area contributed by atoms with E-state index in [9.17, 15) is 0 Å². The molecule has 3 heteroatoms. The van der Waals surface area contributed by atoms with Crippen molar-refractivity contribution in [2.75, 3.05) is 27.2 Å². The van der Waals surface area contributed by atoms with Crippen LogP contribution in [0, 0.1) is 0 Å². The fourth-order valence-corrected chi connectivity index (χ4v) is 6.71. The van der Waals surface area contributed by atoms with E-state index in [1.54, 1.807) is 0 Å². The Morgan fingerprint density at radius 1 is 0.552 bits per heavy atom. The Hall–Kier alpha value is 0.467. The molecule has 0 aliphatic carbocycles. The third kappa shape index (κ3) is 20.1. The molecule has 0 aliphatic heterocycles. The first-order valence-corrected chi connectivity index (χ1v) is 16.6. The van der Waals surface area contributed by atoms with Crippen LogP contribution in [-0.2, 0) is 0 Å². The Balaban J connectivity index is 0. The predicted molar refractivity (Wildman–Crippen MR) is 134 cm³/mol. The Morgan fingerprint density at radius 2 is 0.966 bits per heavy atom. The van der Waals surface area contributed by atoms with Gasteiger partial charge in [0.2, 0.25) is 0 Å². The molecule has 1 atom stereocenters. The van der Waals surface area contributed by atoms with Crippen molar-refractivity contribution in [1.29, 1.82) is 0 Å². The molecule has 0 aromatic rings. The summed E-state index contributed by atoms with van der Waals surface area (Å²) in [5, 5.41) is 0. The van der Waals surface area contributed by atoms with E-state index < -0.39 is 8.07 Å². The average molecular weight is 448 g/mol. The standard InChI is InChI=1S/C26H58NSi.ClH/c1-8-10-11-12-13-14-15-16-17-18-19-20-21-22-26(28(5,6)7)23-25-27(3,4)24-9-2;/h26H,8-25H2,1-7H3;1H/q+1;/p-1.